The first kappa shape index (κ1) is 28.9. The molecule has 0 spiro atoms. The number of benzene rings is 1. The molecule has 1 aromatic carbocycles. The van der Waals surface area contributed by atoms with E-state index in [9.17, 15) is 18.3 Å². The minimum atomic E-state index is -1.56. The minimum absolute atomic E-state index is 0.0468. The van der Waals surface area contributed by atoms with Gasteiger partial charge in [-0.15, -0.1) is 0 Å². The van der Waals surface area contributed by atoms with Crippen molar-refractivity contribution in [1.82, 2.24) is 0 Å². The zero-order chi connectivity index (χ0) is 23.8. The maximum absolute atomic E-state index is 13.7. The topological polar surface area (TPSA) is 38.7 Å². The Balaban J connectivity index is 2.49. The van der Waals surface area contributed by atoms with Crippen molar-refractivity contribution in [2.45, 2.75) is 110 Å². The van der Waals surface area contributed by atoms with E-state index in [2.05, 4.69) is 6.92 Å². The van der Waals surface area contributed by atoms with Crippen LogP contribution in [0.1, 0.15) is 103 Å². The second-order valence-corrected chi connectivity index (χ2v) is 8.55. The van der Waals surface area contributed by atoms with Gasteiger partial charge in [0.05, 0.1) is 0 Å². The summed E-state index contributed by atoms with van der Waals surface area (Å²) in [5, 5.41) is 11.0. The van der Waals surface area contributed by atoms with Crippen molar-refractivity contribution >= 4 is 0 Å². The number of ether oxygens (including phenoxy) is 2. The number of aliphatic hydroxyl groups is 1. The maximum Gasteiger partial charge on any atom is 0.283 e. The van der Waals surface area contributed by atoms with Gasteiger partial charge in [-0.25, -0.2) is 13.2 Å². The first-order chi connectivity index (χ1) is 15.4. The molecule has 0 heterocycles. The van der Waals surface area contributed by atoms with Crippen LogP contribution in [-0.2, 0) is 15.9 Å². The van der Waals surface area contributed by atoms with E-state index in [0.29, 0.717) is 19.6 Å². The molecule has 0 aromatic heterocycles. The molecule has 1 N–H and O–H groups in total. The summed E-state index contributed by atoms with van der Waals surface area (Å²) < 4.78 is 51.8. The van der Waals surface area contributed by atoms with Gasteiger partial charge in [-0.1, -0.05) is 64.7 Å². The molecule has 3 nitrogen and oxygen atoms in total. The highest BCUT2D eigenvalue weighted by atomic mass is 19.1. The van der Waals surface area contributed by atoms with E-state index in [1.54, 1.807) is 0 Å². The molecular weight excluding hydrogens is 417 g/mol. The molecule has 6 heteroatoms. The van der Waals surface area contributed by atoms with E-state index in [1.165, 1.54) is 25.7 Å². The predicted molar refractivity (Wildman–Crippen MR) is 123 cm³/mol. The SMILES string of the molecule is CCCCCCCCC(CCCCCCc1c(F)cc(F)cc1F)C(O)(OCC)OCC. The fraction of sp³-hybridized carbons (Fsp3) is 0.769. The van der Waals surface area contributed by atoms with Gasteiger partial charge in [-0.05, 0) is 39.5 Å². The Morgan fingerprint density at radius 1 is 0.750 bits per heavy atom. The first-order valence-corrected chi connectivity index (χ1v) is 12.5. The molecule has 0 amide bonds. The molecule has 186 valence electrons. The molecule has 0 saturated heterocycles. The van der Waals surface area contributed by atoms with Gasteiger partial charge in [0.2, 0.25) is 0 Å². The van der Waals surface area contributed by atoms with Crippen LogP contribution >= 0.6 is 0 Å². The molecule has 0 aliphatic rings. The molecule has 0 aliphatic heterocycles. The molecule has 1 aromatic rings. The Labute approximate surface area is 192 Å². The van der Waals surface area contributed by atoms with Crippen molar-refractivity contribution in [2.75, 3.05) is 13.2 Å². The molecule has 0 aliphatic carbocycles. The van der Waals surface area contributed by atoms with Crippen molar-refractivity contribution < 1.29 is 27.8 Å². The number of rotatable bonds is 19. The summed E-state index contributed by atoms with van der Waals surface area (Å²) in [4.78, 5) is 0. The van der Waals surface area contributed by atoms with Crippen LogP contribution in [0.4, 0.5) is 13.2 Å². The lowest BCUT2D eigenvalue weighted by atomic mass is 9.91. The lowest BCUT2D eigenvalue weighted by molar-refractivity contribution is -0.385. The highest BCUT2D eigenvalue weighted by Gasteiger charge is 2.37. The summed E-state index contributed by atoms with van der Waals surface area (Å²) >= 11 is 0. The van der Waals surface area contributed by atoms with Gasteiger partial charge in [0.1, 0.15) is 17.5 Å². The summed E-state index contributed by atoms with van der Waals surface area (Å²) in [5.41, 5.74) is -0.0468. The third kappa shape index (κ3) is 10.7. The van der Waals surface area contributed by atoms with Crippen LogP contribution < -0.4 is 0 Å². The summed E-state index contributed by atoms with van der Waals surface area (Å²) in [6, 6.07) is 1.46. The molecule has 0 saturated carbocycles. The van der Waals surface area contributed by atoms with Crippen molar-refractivity contribution in [2.24, 2.45) is 5.92 Å². The molecule has 1 rings (SSSR count). The Bertz CT molecular complexity index is 595. The van der Waals surface area contributed by atoms with E-state index in [-0.39, 0.29) is 17.9 Å². The van der Waals surface area contributed by atoms with Gasteiger partial charge in [0.15, 0.2) is 0 Å². The molecule has 1 atom stereocenters. The van der Waals surface area contributed by atoms with Crippen LogP contribution in [0, 0.1) is 23.4 Å². The molecule has 0 fully saturated rings. The van der Waals surface area contributed by atoms with Gasteiger partial charge in [-0.3, -0.25) is 0 Å². The highest BCUT2D eigenvalue weighted by molar-refractivity contribution is 5.20. The summed E-state index contributed by atoms with van der Waals surface area (Å²) in [5.74, 6) is -4.20. The normalized spacial score (nSPS) is 13.0. The summed E-state index contributed by atoms with van der Waals surface area (Å²) in [7, 11) is 0. The summed E-state index contributed by atoms with van der Waals surface area (Å²) in [6.45, 7) is 6.64. The van der Waals surface area contributed by atoms with Gasteiger partial charge in [0.25, 0.3) is 5.97 Å². The second kappa shape index (κ2) is 16.5. The zero-order valence-electron chi connectivity index (χ0n) is 20.2. The third-order valence-corrected chi connectivity index (χ3v) is 5.96. The van der Waals surface area contributed by atoms with E-state index >= 15 is 0 Å². The fourth-order valence-corrected chi connectivity index (χ4v) is 4.23. The average Bonchev–Trinajstić information content (AvgIpc) is 2.73. The van der Waals surface area contributed by atoms with Crippen molar-refractivity contribution in [3.63, 3.8) is 0 Å². The Hall–Kier alpha value is -1.11. The number of unbranched alkanes of at least 4 members (excludes halogenated alkanes) is 8. The third-order valence-electron chi connectivity index (χ3n) is 5.96. The van der Waals surface area contributed by atoms with Crippen LogP contribution in [0.3, 0.4) is 0 Å². The lowest BCUT2D eigenvalue weighted by Gasteiger charge is -2.35. The lowest BCUT2D eigenvalue weighted by Crippen LogP contribution is -2.44. The Morgan fingerprint density at radius 3 is 1.72 bits per heavy atom. The van der Waals surface area contributed by atoms with Crippen LogP contribution in [-0.4, -0.2) is 24.3 Å². The van der Waals surface area contributed by atoms with Crippen molar-refractivity contribution in [1.29, 1.82) is 0 Å². The van der Waals surface area contributed by atoms with E-state index in [0.717, 1.165) is 57.1 Å². The first-order valence-electron chi connectivity index (χ1n) is 12.5. The second-order valence-electron chi connectivity index (χ2n) is 8.55. The highest BCUT2D eigenvalue weighted by Crippen LogP contribution is 2.31. The van der Waals surface area contributed by atoms with Crippen molar-refractivity contribution in [3.05, 3.63) is 35.1 Å². The fourth-order valence-electron chi connectivity index (χ4n) is 4.23. The zero-order valence-corrected chi connectivity index (χ0v) is 20.2. The Morgan fingerprint density at radius 2 is 1.22 bits per heavy atom. The Kier molecular flexibility index (Phi) is 14.9. The molecule has 1 unspecified atom stereocenters. The smallest absolute Gasteiger partial charge is 0.283 e. The largest absolute Gasteiger partial charge is 0.343 e. The predicted octanol–water partition coefficient (Wildman–Crippen LogP) is 7.68. The van der Waals surface area contributed by atoms with E-state index < -0.39 is 23.4 Å². The van der Waals surface area contributed by atoms with E-state index in [1.807, 2.05) is 13.8 Å². The molecule has 0 radical (unpaired) electrons. The van der Waals surface area contributed by atoms with Crippen LogP contribution in [0.25, 0.3) is 0 Å². The number of hydrogen-bond acceptors (Lipinski definition) is 3. The van der Waals surface area contributed by atoms with E-state index in [4.69, 9.17) is 9.47 Å². The standard InChI is InChI=1S/C26H43F3O3/c1-4-7-8-9-10-13-16-21(26(30,31-5-2)32-6-3)17-14-11-12-15-18-23-24(28)19-22(27)20-25(23)29/h19-21,30H,4-18H2,1-3H3. The molecule has 0 bridgehead atoms. The van der Waals surface area contributed by atoms with Crippen LogP contribution in [0.15, 0.2) is 12.1 Å². The summed E-state index contributed by atoms with van der Waals surface area (Å²) in [6.07, 6.45) is 12.2. The average molecular weight is 461 g/mol. The van der Waals surface area contributed by atoms with Crippen LogP contribution in [0.2, 0.25) is 0 Å². The van der Waals surface area contributed by atoms with Gasteiger partial charge in [0, 0.05) is 36.8 Å². The minimum Gasteiger partial charge on any atom is -0.343 e. The monoisotopic (exact) mass is 460 g/mol. The van der Waals surface area contributed by atoms with Crippen LogP contribution in [0.5, 0.6) is 0 Å². The maximum atomic E-state index is 13.7. The molecular formula is C26H43F3O3. The molecule has 32 heavy (non-hydrogen) atoms. The van der Waals surface area contributed by atoms with Gasteiger partial charge >= 0.3 is 0 Å². The van der Waals surface area contributed by atoms with Gasteiger partial charge in [-0.2, -0.15) is 0 Å². The number of halogens is 3. The van der Waals surface area contributed by atoms with Crippen molar-refractivity contribution in [3.8, 4) is 0 Å². The van der Waals surface area contributed by atoms with Gasteiger partial charge < -0.3 is 14.6 Å². The quantitative estimate of drug-likeness (QED) is 0.170. The number of hydrogen-bond donors (Lipinski definition) is 1.